The molecule has 134 heavy (non-hydrogen) atoms. The van der Waals surface area contributed by atoms with Crippen molar-refractivity contribution >= 4 is 144 Å². The average Bonchev–Trinajstić information content (AvgIpc) is 0.782. The van der Waals surface area contributed by atoms with E-state index in [4.69, 9.17) is 110 Å². The number of hydrogen-bond donors (Lipinski definition) is 6. The van der Waals surface area contributed by atoms with Gasteiger partial charge in [-0.15, -0.1) is 0 Å². The van der Waals surface area contributed by atoms with Gasteiger partial charge in [0.25, 0.3) is 11.8 Å². The summed E-state index contributed by atoms with van der Waals surface area (Å²) in [5.41, 5.74) is 13.1. The van der Waals surface area contributed by atoms with Crippen molar-refractivity contribution in [3.8, 4) is 0 Å². The van der Waals surface area contributed by atoms with E-state index < -0.39 is 75.3 Å². The zero-order chi connectivity index (χ0) is 96.6. The number of carbonyl (C=O) groups is 4. The van der Waals surface area contributed by atoms with E-state index >= 15 is 0 Å². The van der Waals surface area contributed by atoms with Gasteiger partial charge >= 0.3 is 0 Å². The number of likely N-dealkylation sites (N-methyl/N-ethyl adjacent to an activating group) is 4. The van der Waals surface area contributed by atoms with E-state index in [0.717, 1.165) is 92.9 Å². The normalized spacial score (nSPS) is 17.2. The Morgan fingerprint density at radius 2 is 0.724 bits per heavy atom. The minimum absolute atomic E-state index is 0.00629. The van der Waals surface area contributed by atoms with Crippen LogP contribution < -0.4 is 20.1 Å². The lowest BCUT2D eigenvalue weighted by Gasteiger charge is -2.34. The number of hydrogen-bond acceptors (Lipinski definition) is 24. The van der Waals surface area contributed by atoms with Crippen LogP contribution in [0.15, 0.2) is 165 Å². The molecule has 6 unspecified atom stereocenters. The fraction of sp³-hybridized carbons (Fsp3) is 0.453. The van der Waals surface area contributed by atoms with Crippen LogP contribution in [0.2, 0.25) is 35.2 Å². The molecule has 8 aromatic rings. The van der Waals surface area contributed by atoms with Gasteiger partial charge in [0.2, 0.25) is 25.8 Å². The van der Waals surface area contributed by atoms with Crippen LogP contribution in [-0.4, -0.2) is 270 Å². The van der Waals surface area contributed by atoms with Crippen LogP contribution in [0.4, 0.5) is 0 Å². The fourth-order valence-corrected chi connectivity index (χ4v) is 23.4. The van der Waals surface area contributed by atoms with Crippen LogP contribution in [-0.2, 0) is 113 Å². The molecule has 0 spiro atoms. The van der Waals surface area contributed by atoms with Crippen molar-refractivity contribution in [3.63, 3.8) is 0 Å². The number of carbonyl (C=O) groups excluding carboxylic acids is 4. The van der Waals surface area contributed by atoms with Crippen LogP contribution in [0, 0.1) is 6.92 Å². The molecule has 12 rings (SSSR count). The molecule has 4 aliphatic rings. The lowest BCUT2D eigenvalue weighted by molar-refractivity contribution is -0.145. The SMILES string of the molecule is CN1Cc2c(Cl)cc(Cl)cc2C(c2ccc(S(=O)(=O)CCCOCCOCCNC(=O)C(=O)CCCOCCOCCNS(=O)(=O)c3ccc(C4CN(C)Cc5c(Cl)cc(Cl)cc54)cc3)cc2)C1.Cc1cc(Cl)cc2c1CN(C)CC2c1cccc(S(=O)(=O)CCCOCCCC(=O)C(O)C(O)C(=O)NCCOCCNS(=O)(=O)c2cccc(C3CN(C)Cc4c(Cl)cc(Cl)cc43)c2)c1. The Labute approximate surface area is 820 Å². The number of nitrogens with one attached hydrogen (secondary N) is 4. The molecule has 6 N–H and O–H groups in total. The molecule has 0 saturated carbocycles. The Bertz CT molecular complexity index is 5530. The lowest BCUT2D eigenvalue weighted by Crippen LogP contribution is -2.46. The first-order chi connectivity index (χ1) is 63.9. The van der Waals surface area contributed by atoms with Crippen molar-refractivity contribution in [3.05, 3.63) is 253 Å². The van der Waals surface area contributed by atoms with Gasteiger partial charge in [0.1, 0.15) is 6.10 Å². The first-order valence-electron chi connectivity index (χ1n) is 44.1. The van der Waals surface area contributed by atoms with Crippen molar-refractivity contribution in [2.45, 2.75) is 127 Å². The number of sulfone groups is 2. The molecule has 0 aromatic heterocycles. The highest BCUT2D eigenvalue weighted by atomic mass is 35.5. The van der Waals surface area contributed by atoms with Gasteiger partial charge in [-0.05, 0) is 230 Å². The molecule has 0 aliphatic carbocycles. The molecule has 2 amide bonds. The molecule has 0 radical (unpaired) electrons. The minimum atomic E-state index is -3.90. The molecular weight excluding hydrogens is 1950 g/mol. The highest BCUT2D eigenvalue weighted by molar-refractivity contribution is 7.91. The summed E-state index contributed by atoms with van der Waals surface area (Å²) in [5.74, 6) is -3.38. The van der Waals surface area contributed by atoms with E-state index in [2.05, 4.69) is 39.7 Å². The van der Waals surface area contributed by atoms with Crippen LogP contribution >= 0.6 is 81.2 Å². The summed E-state index contributed by atoms with van der Waals surface area (Å²) in [6.07, 6.45) is -3.09. The number of aryl methyl sites for hydroxylation is 1. The number of ether oxygens (including phenoxy) is 6. The third kappa shape index (κ3) is 30.7. The summed E-state index contributed by atoms with van der Waals surface area (Å²) in [6.45, 7) is 9.77. The molecule has 39 heteroatoms. The van der Waals surface area contributed by atoms with Gasteiger partial charge in [-0.2, -0.15) is 0 Å². The van der Waals surface area contributed by atoms with Gasteiger partial charge in [0, 0.05) is 177 Å². The highest BCUT2D eigenvalue weighted by Gasteiger charge is 2.35. The Morgan fingerprint density at radius 3 is 1.19 bits per heavy atom. The Hall–Kier alpha value is -6.69. The van der Waals surface area contributed by atoms with Crippen LogP contribution in [0.3, 0.4) is 0 Å². The largest absolute Gasteiger partial charge is 0.382 e. The van der Waals surface area contributed by atoms with Crippen molar-refractivity contribution in [1.29, 1.82) is 0 Å². The Kier molecular flexibility index (Phi) is 41.0. The van der Waals surface area contributed by atoms with E-state index in [9.17, 15) is 63.1 Å². The third-order valence-corrected chi connectivity index (χ3v) is 32.0. The number of aliphatic hydroxyl groups is 2. The van der Waals surface area contributed by atoms with Gasteiger partial charge < -0.3 is 68.9 Å². The summed E-state index contributed by atoms with van der Waals surface area (Å²) in [5, 5.41) is 29.6. The first kappa shape index (κ1) is 108. The monoisotopic (exact) mass is 2060 g/mol. The van der Waals surface area contributed by atoms with Crippen molar-refractivity contribution in [2.75, 3.05) is 171 Å². The summed E-state index contributed by atoms with van der Waals surface area (Å²) in [6, 6.07) is 42.4. The molecule has 6 atom stereocenters. The van der Waals surface area contributed by atoms with Crippen molar-refractivity contribution in [2.24, 2.45) is 0 Å². The quantitative estimate of drug-likeness (QED) is 0.0152. The topological polar surface area (TPSA) is 362 Å². The molecule has 0 fully saturated rings. The van der Waals surface area contributed by atoms with Crippen LogP contribution in [0.25, 0.3) is 0 Å². The highest BCUT2D eigenvalue weighted by Crippen LogP contribution is 2.44. The maximum absolute atomic E-state index is 13.3. The molecule has 28 nitrogen and oxygen atoms in total. The second-order valence-electron chi connectivity index (χ2n) is 33.8. The lowest BCUT2D eigenvalue weighted by atomic mass is 9.83. The predicted molar refractivity (Wildman–Crippen MR) is 519 cm³/mol. The van der Waals surface area contributed by atoms with Gasteiger partial charge in [0.15, 0.2) is 31.6 Å². The first-order valence-corrected chi connectivity index (χ1v) is 53.0. The number of nitrogens with zero attached hydrogens (tertiary/aromatic N) is 4. The standard InChI is InChI=1S/C48H58Cl4N4O10S2.C47H57Cl3N4O10S2/c1-55-29-41(39-25-35(49)27-45(51)43(39)31-55)33-6-10-37(11-7-33)67(59,60)24-4-17-64-21-22-65-18-14-53-48(58)47(57)5-3-16-63-20-23-66-19-15-54-68(61,62)38-12-8-34(9-13-38)42-30-56(2)32-44-40(42)26-36(50)28-46(44)52;1-30-20-33(48)23-37-39(30)26-53(2)27-40(37)31-8-4-10-35(21-31)65(59,60)19-7-16-63-15-6-12-44(55)45(56)46(57)47(58)51-13-17-64-18-14-52-66(61,62)36-11-5-9-32(22-36)41-28-54(3)29-42-38(41)24-34(49)25-43(42)50/h6-13,25-28,41-42,54H,3-5,14-24,29-32H2,1-2H3,(H,53,58);4-5,8-11,20-25,40-41,45-46,52,56-57H,6-7,12-19,26-29H2,1-3H3,(H,51,58). The number of amides is 2. The fourth-order valence-electron chi connectivity index (χ4n) is 16.8. The van der Waals surface area contributed by atoms with E-state index in [1.165, 1.54) is 11.6 Å². The summed E-state index contributed by atoms with van der Waals surface area (Å²) >= 11 is 44.9. The van der Waals surface area contributed by atoms with Crippen LogP contribution in [0.1, 0.15) is 135 Å². The number of benzene rings is 8. The van der Waals surface area contributed by atoms with Gasteiger partial charge in [-0.1, -0.05) is 130 Å². The number of Topliss-reactive ketones (excluding diaryl/α,β-unsaturated/α-hetero) is 2. The average molecular weight is 2070 g/mol. The van der Waals surface area contributed by atoms with Gasteiger partial charge in [-0.25, -0.2) is 43.1 Å². The number of fused-ring (bicyclic) bond motifs is 4. The Balaban J connectivity index is 0.000000258. The molecule has 4 aliphatic heterocycles. The number of sulfonamides is 2. The summed E-state index contributed by atoms with van der Waals surface area (Å²) in [7, 11) is -6.73. The smallest absolute Gasteiger partial charge is 0.287 e. The van der Waals surface area contributed by atoms with Gasteiger partial charge in [0.05, 0.1) is 83.9 Å². The van der Waals surface area contributed by atoms with Crippen LogP contribution in [0.5, 0.6) is 0 Å². The maximum Gasteiger partial charge on any atom is 0.287 e. The third-order valence-electron chi connectivity index (χ3n) is 23.5. The zero-order valence-electron chi connectivity index (χ0n) is 75.3. The minimum Gasteiger partial charge on any atom is -0.382 e. The van der Waals surface area contributed by atoms with E-state index in [1.807, 2.05) is 102 Å². The number of aliphatic hydroxyl groups excluding tert-OH is 2. The molecule has 0 saturated heterocycles. The second-order valence-corrected chi connectivity index (χ2v) is 44.5. The van der Waals surface area contributed by atoms with E-state index in [1.54, 1.807) is 72.8 Å². The maximum atomic E-state index is 13.3. The van der Waals surface area contributed by atoms with E-state index in [0.29, 0.717) is 74.2 Å². The number of rotatable bonds is 48. The number of halogens is 7. The van der Waals surface area contributed by atoms with E-state index in [-0.39, 0.29) is 186 Å². The van der Waals surface area contributed by atoms with Crippen molar-refractivity contribution < 1.29 is 91.5 Å². The number of ketones is 2. The molecular formula is C95H115Cl7N8O20S4. The van der Waals surface area contributed by atoms with Gasteiger partial charge in [-0.3, -0.25) is 19.2 Å². The van der Waals surface area contributed by atoms with Crippen molar-refractivity contribution in [1.82, 2.24) is 39.7 Å². The molecule has 8 aromatic carbocycles. The molecule has 0 bridgehead atoms. The Morgan fingerprint density at radius 1 is 0.373 bits per heavy atom. The zero-order valence-corrected chi connectivity index (χ0v) is 83.8. The predicted octanol–water partition coefficient (Wildman–Crippen LogP) is 12.6. The second kappa shape index (κ2) is 50.9. The summed E-state index contributed by atoms with van der Waals surface area (Å²) < 4.78 is 143. The molecule has 728 valence electrons. The summed E-state index contributed by atoms with van der Waals surface area (Å²) in [4.78, 5) is 58.7. The molecule has 4 heterocycles.